The van der Waals surface area contributed by atoms with Crippen LogP contribution in [0.2, 0.25) is 0 Å². The maximum absolute atomic E-state index is 6.05. The van der Waals surface area contributed by atoms with Crippen LogP contribution >= 0.6 is 0 Å². The van der Waals surface area contributed by atoms with Gasteiger partial charge in [0.2, 0.25) is 0 Å². The molecule has 3 atom stereocenters. The summed E-state index contributed by atoms with van der Waals surface area (Å²) in [6, 6.07) is 9.78. The number of hydrogen-bond acceptors (Lipinski definition) is 3. The van der Waals surface area contributed by atoms with E-state index in [-0.39, 0.29) is 0 Å². The molecule has 1 N–H and O–H groups in total. The Bertz CT molecular complexity index is 410. The molecule has 1 fully saturated rings. The number of rotatable bonds is 3. The van der Waals surface area contributed by atoms with E-state index in [9.17, 15) is 0 Å². The van der Waals surface area contributed by atoms with Crippen molar-refractivity contribution < 1.29 is 4.74 Å². The molecule has 19 heavy (non-hydrogen) atoms. The van der Waals surface area contributed by atoms with Gasteiger partial charge in [0.25, 0.3) is 0 Å². The summed E-state index contributed by atoms with van der Waals surface area (Å²) in [7, 11) is 2.07. The summed E-state index contributed by atoms with van der Waals surface area (Å²) in [5.41, 5.74) is 1.37. The third-order valence-electron chi connectivity index (χ3n) is 4.57. The van der Waals surface area contributed by atoms with Gasteiger partial charge in [0.15, 0.2) is 0 Å². The Morgan fingerprint density at radius 2 is 2.21 bits per heavy atom. The van der Waals surface area contributed by atoms with Crippen LogP contribution in [0.3, 0.4) is 0 Å². The van der Waals surface area contributed by atoms with E-state index < -0.39 is 0 Å². The van der Waals surface area contributed by atoms with E-state index >= 15 is 0 Å². The molecule has 3 unspecified atom stereocenters. The fourth-order valence-electron chi connectivity index (χ4n) is 3.37. The van der Waals surface area contributed by atoms with Crippen LogP contribution in [-0.2, 0) is 6.42 Å². The molecular weight excluding hydrogens is 236 g/mol. The third-order valence-corrected chi connectivity index (χ3v) is 4.57. The second kappa shape index (κ2) is 5.51. The second-order valence-corrected chi connectivity index (χ2v) is 5.91. The molecule has 1 aromatic rings. The molecule has 0 spiro atoms. The van der Waals surface area contributed by atoms with Crippen molar-refractivity contribution in [3.05, 3.63) is 29.8 Å². The van der Waals surface area contributed by atoms with Gasteiger partial charge in [-0.25, -0.2) is 0 Å². The molecule has 1 saturated heterocycles. The molecule has 2 aliphatic rings. The van der Waals surface area contributed by atoms with Gasteiger partial charge in [-0.15, -0.1) is 0 Å². The van der Waals surface area contributed by atoms with Crippen molar-refractivity contribution in [3.63, 3.8) is 0 Å². The molecule has 104 valence electrons. The number of benzene rings is 1. The second-order valence-electron chi connectivity index (χ2n) is 5.91. The average molecular weight is 260 g/mol. The van der Waals surface area contributed by atoms with Crippen molar-refractivity contribution in [2.24, 2.45) is 0 Å². The summed E-state index contributed by atoms with van der Waals surface area (Å²) < 4.78 is 6.05. The van der Waals surface area contributed by atoms with Gasteiger partial charge >= 0.3 is 0 Å². The van der Waals surface area contributed by atoms with Crippen LogP contribution in [0.1, 0.15) is 25.3 Å². The molecule has 0 aromatic heterocycles. The van der Waals surface area contributed by atoms with Crippen LogP contribution in [0, 0.1) is 0 Å². The minimum absolute atomic E-state index is 0.339. The van der Waals surface area contributed by atoms with E-state index in [4.69, 9.17) is 4.74 Å². The Balaban J connectivity index is 1.56. The molecule has 0 radical (unpaired) electrons. The van der Waals surface area contributed by atoms with Gasteiger partial charge in [-0.2, -0.15) is 0 Å². The van der Waals surface area contributed by atoms with Crippen LogP contribution in [0.15, 0.2) is 24.3 Å². The van der Waals surface area contributed by atoms with Gasteiger partial charge in [-0.05, 0) is 38.4 Å². The summed E-state index contributed by atoms with van der Waals surface area (Å²) in [4.78, 5) is 2.59. The van der Waals surface area contributed by atoms with Crippen LogP contribution in [0.25, 0.3) is 0 Å². The predicted octanol–water partition coefficient (Wildman–Crippen LogP) is 2.06. The summed E-state index contributed by atoms with van der Waals surface area (Å²) >= 11 is 0. The lowest BCUT2D eigenvalue weighted by atomic mass is 9.97. The first-order chi connectivity index (χ1) is 9.26. The van der Waals surface area contributed by atoms with Gasteiger partial charge in [0, 0.05) is 31.6 Å². The molecule has 1 aromatic carbocycles. The van der Waals surface area contributed by atoms with E-state index in [2.05, 4.69) is 48.5 Å². The summed E-state index contributed by atoms with van der Waals surface area (Å²) in [6.07, 6.45) is 3.90. The Hall–Kier alpha value is -1.06. The first-order valence-corrected chi connectivity index (χ1v) is 7.42. The predicted molar refractivity (Wildman–Crippen MR) is 77.7 cm³/mol. The monoisotopic (exact) mass is 260 g/mol. The molecule has 2 heterocycles. The summed E-state index contributed by atoms with van der Waals surface area (Å²) in [5, 5.41) is 3.40. The van der Waals surface area contributed by atoms with Crippen molar-refractivity contribution in [3.8, 4) is 5.75 Å². The van der Waals surface area contributed by atoms with Crippen LogP contribution in [0.4, 0.5) is 0 Å². The van der Waals surface area contributed by atoms with Crippen LogP contribution in [-0.4, -0.2) is 43.2 Å². The number of piperidine rings is 1. The highest BCUT2D eigenvalue weighted by Gasteiger charge is 2.29. The van der Waals surface area contributed by atoms with Crippen molar-refractivity contribution in [2.75, 3.05) is 20.1 Å². The first kappa shape index (κ1) is 12.9. The standard InChI is InChI=1S/C16H24N2O/c1-12-9-14(17-2)7-8-18(12)11-15-10-13-5-3-4-6-16(13)19-15/h3-6,12,14-15,17H,7-11H2,1-2H3. The van der Waals surface area contributed by atoms with Crippen LogP contribution < -0.4 is 10.1 Å². The molecule has 3 rings (SSSR count). The van der Waals surface area contributed by atoms with E-state index in [1.807, 2.05) is 0 Å². The fourth-order valence-corrected chi connectivity index (χ4v) is 3.37. The molecule has 2 aliphatic heterocycles. The van der Waals surface area contributed by atoms with Gasteiger partial charge in [0.1, 0.15) is 11.9 Å². The Morgan fingerprint density at radius 1 is 1.37 bits per heavy atom. The number of nitrogens with zero attached hydrogens (tertiary/aromatic N) is 1. The molecule has 0 saturated carbocycles. The van der Waals surface area contributed by atoms with E-state index in [1.165, 1.54) is 24.9 Å². The summed E-state index contributed by atoms with van der Waals surface area (Å²) in [5.74, 6) is 1.09. The largest absolute Gasteiger partial charge is 0.488 e. The number of nitrogens with one attached hydrogen (secondary N) is 1. The fraction of sp³-hybridized carbons (Fsp3) is 0.625. The van der Waals surface area contributed by atoms with E-state index in [0.29, 0.717) is 18.2 Å². The number of fused-ring (bicyclic) bond motifs is 1. The maximum Gasteiger partial charge on any atom is 0.123 e. The lowest BCUT2D eigenvalue weighted by molar-refractivity contribution is 0.0865. The minimum Gasteiger partial charge on any atom is -0.488 e. The Kier molecular flexibility index (Phi) is 3.76. The zero-order valence-electron chi connectivity index (χ0n) is 11.9. The normalized spacial score (nSPS) is 30.9. The highest BCUT2D eigenvalue weighted by Crippen LogP contribution is 2.29. The topological polar surface area (TPSA) is 24.5 Å². The third kappa shape index (κ3) is 2.77. The van der Waals surface area contributed by atoms with Crippen molar-refractivity contribution in [1.82, 2.24) is 10.2 Å². The molecule has 0 bridgehead atoms. The van der Waals surface area contributed by atoms with Gasteiger partial charge in [-0.1, -0.05) is 18.2 Å². The zero-order valence-corrected chi connectivity index (χ0v) is 11.9. The Morgan fingerprint density at radius 3 is 2.95 bits per heavy atom. The summed E-state index contributed by atoms with van der Waals surface area (Å²) in [6.45, 7) is 4.58. The lowest BCUT2D eigenvalue weighted by Crippen LogP contribution is -2.49. The maximum atomic E-state index is 6.05. The SMILES string of the molecule is CNC1CCN(CC2Cc3ccccc3O2)C(C)C1. The number of para-hydroxylation sites is 1. The van der Waals surface area contributed by atoms with Gasteiger partial charge in [-0.3, -0.25) is 4.90 Å². The van der Waals surface area contributed by atoms with Gasteiger partial charge in [0.05, 0.1) is 0 Å². The van der Waals surface area contributed by atoms with Crippen molar-refractivity contribution >= 4 is 0 Å². The van der Waals surface area contributed by atoms with Crippen molar-refractivity contribution in [2.45, 2.75) is 44.4 Å². The van der Waals surface area contributed by atoms with E-state index in [0.717, 1.165) is 18.7 Å². The van der Waals surface area contributed by atoms with Crippen molar-refractivity contribution in [1.29, 1.82) is 0 Å². The first-order valence-electron chi connectivity index (χ1n) is 7.42. The minimum atomic E-state index is 0.339. The molecule has 0 amide bonds. The van der Waals surface area contributed by atoms with E-state index in [1.54, 1.807) is 0 Å². The zero-order chi connectivity index (χ0) is 13.2. The molecule has 3 heteroatoms. The molecule has 3 nitrogen and oxygen atoms in total. The number of ether oxygens (including phenoxy) is 1. The highest BCUT2D eigenvalue weighted by atomic mass is 16.5. The highest BCUT2D eigenvalue weighted by molar-refractivity contribution is 5.37. The van der Waals surface area contributed by atoms with Crippen LogP contribution in [0.5, 0.6) is 5.75 Å². The lowest BCUT2D eigenvalue weighted by Gasteiger charge is -2.38. The van der Waals surface area contributed by atoms with Gasteiger partial charge < -0.3 is 10.1 Å². The molecule has 0 aliphatic carbocycles. The smallest absolute Gasteiger partial charge is 0.123 e. The Labute approximate surface area is 115 Å². The number of hydrogen-bond donors (Lipinski definition) is 1. The number of likely N-dealkylation sites (tertiary alicyclic amines) is 1. The molecular formula is C16H24N2O. The average Bonchev–Trinajstić information content (AvgIpc) is 2.83. The quantitative estimate of drug-likeness (QED) is 0.900.